The number of hydrogen-bond acceptors (Lipinski definition) is 6. The van der Waals surface area contributed by atoms with Crippen molar-refractivity contribution in [2.45, 2.75) is 51.6 Å². The predicted octanol–water partition coefficient (Wildman–Crippen LogP) is 4.29. The average Bonchev–Trinajstić information content (AvgIpc) is 3.25. The Bertz CT molecular complexity index is 1450. The molecule has 41 heavy (non-hydrogen) atoms. The Labute approximate surface area is 242 Å². The molecule has 2 aliphatic heterocycles. The van der Waals surface area contributed by atoms with Crippen LogP contribution in [0.4, 0.5) is 14.9 Å². The highest BCUT2D eigenvalue weighted by Gasteiger charge is 2.55. The lowest BCUT2D eigenvalue weighted by atomic mass is 9.69. The Hall–Kier alpha value is -3.99. The van der Waals surface area contributed by atoms with Crippen LogP contribution in [0.2, 0.25) is 5.02 Å². The lowest BCUT2D eigenvalue weighted by molar-refractivity contribution is -0.126. The molecule has 2 aromatic rings. The molecule has 218 valence electrons. The first-order valence-electron chi connectivity index (χ1n) is 13.2. The molecule has 10 nitrogen and oxygen atoms in total. The molecule has 4 rings (SSSR count). The van der Waals surface area contributed by atoms with Crippen LogP contribution in [-0.2, 0) is 19.7 Å². The van der Waals surface area contributed by atoms with E-state index in [1.807, 2.05) is 38.1 Å². The first-order chi connectivity index (χ1) is 19.2. The van der Waals surface area contributed by atoms with Crippen LogP contribution in [0.3, 0.4) is 0 Å². The van der Waals surface area contributed by atoms with Gasteiger partial charge in [-0.15, -0.1) is 0 Å². The summed E-state index contributed by atoms with van der Waals surface area (Å²) in [4.78, 5) is 58.7. The van der Waals surface area contributed by atoms with E-state index >= 15 is 0 Å². The highest BCUT2D eigenvalue weighted by atomic mass is 35.5. The fourth-order valence-corrected chi connectivity index (χ4v) is 5.12. The molecule has 2 heterocycles. The number of carbonyl (C=O) groups is 4. The number of nitrogens with one attached hydrogen (secondary N) is 2. The molecule has 0 unspecified atom stereocenters. The van der Waals surface area contributed by atoms with Crippen LogP contribution < -0.4 is 10.6 Å². The van der Waals surface area contributed by atoms with Gasteiger partial charge in [0.25, 0.3) is 11.8 Å². The number of ether oxygens (including phenoxy) is 1. The van der Waals surface area contributed by atoms with Crippen LogP contribution in [0.25, 0.3) is 0 Å². The molecule has 2 aromatic carbocycles. The summed E-state index contributed by atoms with van der Waals surface area (Å²) in [5.74, 6) is -2.21. The molecule has 0 radical (unpaired) electrons. The minimum atomic E-state index is -1.19. The van der Waals surface area contributed by atoms with E-state index in [-0.39, 0.29) is 47.8 Å². The van der Waals surface area contributed by atoms with E-state index in [4.69, 9.17) is 16.3 Å². The van der Waals surface area contributed by atoms with E-state index in [9.17, 15) is 23.6 Å². The maximum atomic E-state index is 14.5. The van der Waals surface area contributed by atoms with Gasteiger partial charge in [-0.3, -0.25) is 14.4 Å². The van der Waals surface area contributed by atoms with Crippen molar-refractivity contribution in [2.24, 2.45) is 4.99 Å². The Balaban J connectivity index is 1.73. The third kappa shape index (κ3) is 5.90. The Morgan fingerprint density at radius 2 is 1.80 bits per heavy atom. The number of aliphatic imine (C=N–C) groups is 1. The van der Waals surface area contributed by atoms with Gasteiger partial charge in [0, 0.05) is 20.1 Å². The van der Waals surface area contributed by atoms with Gasteiger partial charge in [-0.1, -0.05) is 49.7 Å². The summed E-state index contributed by atoms with van der Waals surface area (Å²) in [6.07, 6.45) is -0.724. The number of carbonyl (C=O) groups excluding carboxylic acids is 4. The molecule has 0 bridgehead atoms. The molecule has 0 spiro atoms. The zero-order valence-corrected chi connectivity index (χ0v) is 24.6. The maximum Gasteiger partial charge on any atom is 0.417 e. The highest BCUT2D eigenvalue weighted by molar-refractivity contribution is 6.31. The smallest absolute Gasteiger partial charge is 0.417 e. The van der Waals surface area contributed by atoms with E-state index < -0.39 is 40.6 Å². The third-order valence-electron chi connectivity index (χ3n) is 6.89. The number of likely N-dealkylation sites (tertiary alicyclic amines) is 1. The zero-order valence-electron chi connectivity index (χ0n) is 23.8. The number of nitrogens with zero attached hydrogens (tertiary/aromatic N) is 3. The number of benzene rings is 2. The van der Waals surface area contributed by atoms with E-state index in [0.29, 0.717) is 0 Å². The third-order valence-corrected chi connectivity index (χ3v) is 7.18. The largest absolute Gasteiger partial charge is 0.443 e. The van der Waals surface area contributed by atoms with Crippen molar-refractivity contribution in [3.8, 4) is 0 Å². The van der Waals surface area contributed by atoms with Crippen molar-refractivity contribution >= 4 is 47.1 Å². The molecule has 0 aromatic heterocycles. The molecule has 4 amide bonds. The second-order valence-corrected chi connectivity index (χ2v) is 11.8. The van der Waals surface area contributed by atoms with Crippen molar-refractivity contribution in [2.75, 3.05) is 32.0 Å². The van der Waals surface area contributed by atoms with Gasteiger partial charge in [0.05, 0.1) is 16.3 Å². The van der Waals surface area contributed by atoms with Crippen LogP contribution in [0.15, 0.2) is 41.4 Å². The minimum Gasteiger partial charge on any atom is -0.443 e. The Kier molecular flexibility index (Phi) is 8.13. The minimum absolute atomic E-state index is 0.00223. The van der Waals surface area contributed by atoms with Crippen molar-refractivity contribution in [3.05, 3.63) is 63.9 Å². The van der Waals surface area contributed by atoms with Gasteiger partial charge in [0.15, 0.2) is 0 Å². The number of guanidine groups is 1. The van der Waals surface area contributed by atoms with Crippen molar-refractivity contribution < 1.29 is 28.3 Å². The molecule has 1 saturated heterocycles. The maximum absolute atomic E-state index is 14.5. The lowest BCUT2D eigenvalue weighted by Crippen LogP contribution is -2.68. The summed E-state index contributed by atoms with van der Waals surface area (Å²) >= 11 is 5.93. The zero-order chi connectivity index (χ0) is 30.3. The molecule has 1 fully saturated rings. The SMILES string of the molecule is CNC(=O)c1cc(Cl)c(F)cc1NC(=O)C1(c2ccccc2C(C)C)CN(C2=NC(=O)CN2C(=O)OC(C)(C)C)C1. The quantitative estimate of drug-likeness (QED) is 0.540. The summed E-state index contributed by atoms with van der Waals surface area (Å²) in [5.41, 5.74) is -0.376. The van der Waals surface area contributed by atoms with Crippen molar-refractivity contribution in [1.82, 2.24) is 15.1 Å². The fraction of sp³-hybridized carbons (Fsp3) is 0.414. The van der Waals surface area contributed by atoms with Gasteiger partial charge in [-0.2, -0.15) is 4.99 Å². The second kappa shape index (κ2) is 11.1. The summed E-state index contributed by atoms with van der Waals surface area (Å²) in [6.45, 7) is 8.99. The number of halogens is 2. The number of hydrogen-bond donors (Lipinski definition) is 2. The van der Waals surface area contributed by atoms with E-state index in [1.165, 1.54) is 7.05 Å². The molecular formula is C29H33ClFN5O5. The number of anilines is 1. The second-order valence-electron chi connectivity index (χ2n) is 11.4. The van der Waals surface area contributed by atoms with Gasteiger partial charge in [-0.05, 0) is 49.9 Å². The van der Waals surface area contributed by atoms with Crippen LogP contribution in [-0.4, -0.2) is 71.9 Å². The molecule has 2 aliphatic rings. The van der Waals surface area contributed by atoms with Gasteiger partial charge >= 0.3 is 6.09 Å². The molecule has 0 atom stereocenters. The Morgan fingerprint density at radius 3 is 2.41 bits per heavy atom. The van der Waals surface area contributed by atoms with E-state index in [2.05, 4.69) is 15.6 Å². The van der Waals surface area contributed by atoms with Crippen LogP contribution >= 0.6 is 11.6 Å². The monoisotopic (exact) mass is 585 g/mol. The standard InChI is InChI=1S/C29H33ClFN5O5/c1-16(2)17-9-7-8-10-19(17)29(25(39)33-22-12-21(31)20(30)11-18(22)24(38)32-6)14-35(15-29)26-34-23(37)13-36(26)27(40)41-28(3,4)5/h7-12,16H,13-15H2,1-6H3,(H,32,38)(H,33,39). The fourth-order valence-electron chi connectivity index (χ4n) is 4.95. The topological polar surface area (TPSA) is 120 Å². The summed E-state index contributed by atoms with van der Waals surface area (Å²) in [5, 5.41) is 4.95. The van der Waals surface area contributed by atoms with Crippen LogP contribution in [0, 0.1) is 5.82 Å². The number of amides is 4. The molecule has 0 saturated carbocycles. The predicted molar refractivity (Wildman–Crippen MR) is 153 cm³/mol. The van der Waals surface area contributed by atoms with Gasteiger partial charge < -0.3 is 20.3 Å². The highest BCUT2D eigenvalue weighted by Crippen LogP contribution is 2.41. The van der Waals surface area contributed by atoms with E-state index in [0.717, 1.165) is 28.2 Å². The summed E-state index contributed by atoms with van der Waals surface area (Å²) in [6, 6.07) is 9.64. The van der Waals surface area contributed by atoms with Crippen molar-refractivity contribution in [1.29, 1.82) is 0 Å². The number of rotatable bonds is 5. The first kappa shape index (κ1) is 30.0. The molecular weight excluding hydrogens is 553 g/mol. The van der Waals surface area contributed by atoms with Gasteiger partial charge in [-0.25, -0.2) is 14.1 Å². The lowest BCUT2D eigenvalue weighted by Gasteiger charge is -2.51. The molecule has 12 heteroatoms. The summed E-state index contributed by atoms with van der Waals surface area (Å²) < 4.78 is 19.9. The van der Waals surface area contributed by atoms with Crippen LogP contribution in [0.1, 0.15) is 62.0 Å². The van der Waals surface area contributed by atoms with Gasteiger partial charge in [0.1, 0.15) is 23.4 Å². The first-order valence-corrected chi connectivity index (χ1v) is 13.5. The van der Waals surface area contributed by atoms with Crippen molar-refractivity contribution in [3.63, 3.8) is 0 Å². The average molecular weight is 586 g/mol. The summed E-state index contributed by atoms with van der Waals surface area (Å²) in [7, 11) is 1.41. The molecule has 2 N–H and O–H groups in total. The normalized spacial score (nSPS) is 16.3. The Morgan fingerprint density at radius 1 is 1.15 bits per heavy atom. The molecule has 0 aliphatic carbocycles. The van der Waals surface area contributed by atoms with Crippen LogP contribution in [0.5, 0.6) is 0 Å². The van der Waals surface area contributed by atoms with E-state index in [1.54, 1.807) is 25.7 Å². The van der Waals surface area contributed by atoms with Gasteiger partial charge in [0.2, 0.25) is 11.9 Å².